The molecule has 0 aliphatic carbocycles. The van der Waals surface area contributed by atoms with Crippen LogP contribution in [0.2, 0.25) is 0 Å². The summed E-state index contributed by atoms with van der Waals surface area (Å²) in [7, 11) is 1.29. The normalized spacial score (nSPS) is 10.6. The van der Waals surface area contributed by atoms with Crippen LogP contribution in [-0.2, 0) is 4.74 Å². The Morgan fingerprint density at radius 3 is 2.93 bits per heavy atom. The number of methoxy groups -OCH3 is 1. The smallest absolute Gasteiger partial charge is 0.338 e. The first kappa shape index (κ1) is 9.64. The van der Waals surface area contributed by atoms with Crippen LogP contribution >= 0.6 is 0 Å². The van der Waals surface area contributed by atoms with Gasteiger partial charge in [0.05, 0.1) is 18.9 Å². The topological polar surface area (TPSA) is 44.1 Å². The van der Waals surface area contributed by atoms with E-state index in [0.717, 1.165) is 0 Å². The molecule has 0 spiro atoms. The predicted octanol–water partition coefficient (Wildman–Crippen LogP) is 1.86. The van der Waals surface area contributed by atoms with Gasteiger partial charge in [-0.05, 0) is 18.6 Å². The SMILES string of the molecule is COC(=O)c1ccc2cnn(F)c2c1C. The van der Waals surface area contributed by atoms with Crippen LogP contribution in [0.25, 0.3) is 10.9 Å². The van der Waals surface area contributed by atoms with E-state index >= 15 is 0 Å². The van der Waals surface area contributed by atoms with E-state index in [0.29, 0.717) is 22.0 Å². The van der Waals surface area contributed by atoms with Crippen LogP contribution in [0.4, 0.5) is 4.48 Å². The molecule has 5 heteroatoms. The van der Waals surface area contributed by atoms with Gasteiger partial charge < -0.3 is 4.74 Å². The number of carbonyl (C=O) groups excluding carboxylic acids is 1. The summed E-state index contributed by atoms with van der Waals surface area (Å²) in [6.07, 6.45) is 1.41. The highest BCUT2D eigenvalue weighted by molar-refractivity contribution is 5.97. The van der Waals surface area contributed by atoms with Crippen molar-refractivity contribution in [1.82, 2.24) is 10.0 Å². The molecule has 0 aliphatic rings. The van der Waals surface area contributed by atoms with E-state index in [1.165, 1.54) is 13.3 Å². The Labute approximate surface area is 85.2 Å². The van der Waals surface area contributed by atoms with Crippen LogP contribution in [0.5, 0.6) is 0 Å². The van der Waals surface area contributed by atoms with Gasteiger partial charge in [0.25, 0.3) is 0 Å². The molecule has 2 rings (SSSR count). The Bertz CT molecular complexity index is 533. The number of ether oxygens (including phenoxy) is 1. The molecular formula is C10H9FN2O2. The number of esters is 1. The molecule has 4 nitrogen and oxygen atoms in total. The number of halogens is 1. The Morgan fingerprint density at radius 2 is 2.27 bits per heavy atom. The fourth-order valence-electron chi connectivity index (χ4n) is 1.57. The van der Waals surface area contributed by atoms with Crippen LogP contribution in [0.1, 0.15) is 15.9 Å². The van der Waals surface area contributed by atoms with E-state index in [-0.39, 0.29) is 4.90 Å². The van der Waals surface area contributed by atoms with Crippen LogP contribution in [0.15, 0.2) is 18.3 Å². The van der Waals surface area contributed by atoms with Gasteiger partial charge in [-0.15, -0.1) is 5.10 Å². The first-order chi connectivity index (χ1) is 7.15. The third-order valence-corrected chi connectivity index (χ3v) is 2.35. The minimum absolute atomic E-state index is 0.261. The zero-order valence-electron chi connectivity index (χ0n) is 8.32. The van der Waals surface area contributed by atoms with E-state index < -0.39 is 5.97 Å². The number of aromatic nitrogens is 2. The summed E-state index contributed by atoms with van der Waals surface area (Å²) in [5.74, 6) is -0.476. The molecule has 1 heterocycles. The number of nitrogens with zero attached hydrogens (tertiary/aromatic N) is 2. The van der Waals surface area contributed by atoms with Crippen molar-refractivity contribution in [3.8, 4) is 0 Å². The molecule has 0 radical (unpaired) electrons. The molecule has 0 fully saturated rings. The number of fused-ring (bicyclic) bond motifs is 1. The summed E-state index contributed by atoms with van der Waals surface area (Å²) in [4.78, 5) is 11.6. The minimum atomic E-state index is -0.476. The average Bonchev–Trinajstić information content (AvgIpc) is 2.61. The first-order valence-electron chi connectivity index (χ1n) is 4.37. The largest absolute Gasteiger partial charge is 0.465 e. The molecule has 0 amide bonds. The molecular weight excluding hydrogens is 199 g/mol. The summed E-state index contributed by atoms with van der Waals surface area (Å²) in [6.45, 7) is 1.66. The molecule has 0 N–H and O–H groups in total. The van der Waals surface area contributed by atoms with Gasteiger partial charge in [0.2, 0.25) is 0 Å². The van der Waals surface area contributed by atoms with Gasteiger partial charge >= 0.3 is 5.97 Å². The Balaban J connectivity index is 2.74. The fourth-order valence-corrected chi connectivity index (χ4v) is 1.57. The van der Waals surface area contributed by atoms with Gasteiger partial charge in [0, 0.05) is 5.39 Å². The van der Waals surface area contributed by atoms with Crippen molar-refractivity contribution in [3.05, 3.63) is 29.5 Å². The first-order valence-corrected chi connectivity index (χ1v) is 4.37. The second kappa shape index (κ2) is 3.34. The van der Waals surface area contributed by atoms with Crippen molar-refractivity contribution in [3.63, 3.8) is 0 Å². The van der Waals surface area contributed by atoms with E-state index in [9.17, 15) is 9.28 Å². The quantitative estimate of drug-likeness (QED) is 0.672. The van der Waals surface area contributed by atoms with Gasteiger partial charge in [-0.2, -0.15) is 0 Å². The zero-order valence-corrected chi connectivity index (χ0v) is 8.32. The second-order valence-electron chi connectivity index (χ2n) is 3.17. The average molecular weight is 208 g/mol. The lowest BCUT2D eigenvalue weighted by Crippen LogP contribution is -2.04. The van der Waals surface area contributed by atoms with Crippen LogP contribution in [-0.4, -0.2) is 23.1 Å². The maximum atomic E-state index is 13.2. The van der Waals surface area contributed by atoms with Crippen molar-refractivity contribution < 1.29 is 14.0 Å². The molecule has 15 heavy (non-hydrogen) atoms. The van der Waals surface area contributed by atoms with Crippen LogP contribution in [0, 0.1) is 6.92 Å². The monoisotopic (exact) mass is 208 g/mol. The zero-order chi connectivity index (χ0) is 11.0. The molecule has 1 aromatic heterocycles. The summed E-state index contributed by atoms with van der Waals surface area (Å²) in [6, 6.07) is 3.24. The lowest BCUT2D eigenvalue weighted by Gasteiger charge is -2.04. The number of hydrogen-bond acceptors (Lipinski definition) is 3. The molecule has 78 valence electrons. The van der Waals surface area contributed by atoms with Crippen molar-refractivity contribution in [2.24, 2.45) is 0 Å². The van der Waals surface area contributed by atoms with Crippen LogP contribution < -0.4 is 0 Å². The molecule has 0 unspecified atom stereocenters. The molecule has 0 saturated carbocycles. The number of rotatable bonds is 1. The molecule has 0 aliphatic heterocycles. The maximum Gasteiger partial charge on any atom is 0.338 e. The standard InChI is InChI=1S/C10H9FN2O2/c1-6-8(10(14)15-2)4-3-7-5-12-13(11)9(6)7/h3-5H,1-2H3. The summed E-state index contributed by atoms with van der Waals surface area (Å²) >= 11 is 0. The van der Waals surface area contributed by atoms with Gasteiger partial charge in [-0.3, -0.25) is 0 Å². The Kier molecular flexibility index (Phi) is 2.15. The van der Waals surface area contributed by atoms with Gasteiger partial charge in [-0.25, -0.2) is 4.79 Å². The Hall–Kier alpha value is -1.91. The third-order valence-electron chi connectivity index (χ3n) is 2.35. The molecule has 2 aromatic rings. The molecule has 0 saturated heterocycles. The van der Waals surface area contributed by atoms with Crippen molar-refractivity contribution in [1.29, 1.82) is 0 Å². The van der Waals surface area contributed by atoms with Gasteiger partial charge in [-0.1, -0.05) is 15.5 Å². The third kappa shape index (κ3) is 1.36. The number of hydrogen-bond donors (Lipinski definition) is 0. The fraction of sp³-hybridized carbons (Fsp3) is 0.200. The van der Waals surface area contributed by atoms with Crippen LogP contribution in [0.3, 0.4) is 0 Å². The van der Waals surface area contributed by atoms with E-state index in [4.69, 9.17) is 0 Å². The molecule has 0 bridgehead atoms. The number of carbonyl (C=O) groups is 1. The second-order valence-corrected chi connectivity index (χ2v) is 3.17. The lowest BCUT2D eigenvalue weighted by molar-refractivity contribution is 0.0600. The van der Waals surface area contributed by atoms with E-state index in [2.05, 4.69) is 9.84 Å². The summed E-state index contributed by atoms with van der Waals surface area (Å²) in [5.41, 5.74) is 1.18. The van der Waals surface area contributed by atoms with Gasteiger partial charge in [0.15, 0.2) is 0 Å². The molecule has 0 atom stereocenters. The highest BCUT2D eigenvalue weighted by Crippen LogP contribution is 2.22. The summed E-state index contributed by atoms with van der Waals surface area (Å²) < 4.78 is 17.8. The van der Waals surface area contributed by atoms with Crippen molar-refractivity contribution in [2.75, 3.05) is 7.11 Å². The van der Waals surface area contributed by atoms with Gasteiger partial charge in [0.1, 0.15) is 5.52 Å². The number of benzene rings is 1. The maximum absolute atomic E-state index is 13.2. The highest BCUT2D eigenvalue weighted by Gasteiger charge is 2.14. The Morgan fingerprint density at radius 1 is 1.53 bits per heavy atom. The number of aryl methyl sites for hydroxylation is 1. The van der Waals surface area contributed by atoms with Crippen molar-refractivity contribution >= 4 is 16.9 Å². The lowest BCUT2D eigenvalue weighted by atomic mass is 10.1. The highest BCUT2D eigenvalue weighted by atomic mass is 19.2. The minimum Gasteiger partial charge on any atom is -0.465 e. The predicted molar refractivity (Wildman–Crippen MR) is 52.3 cm³/mol. The van der Waals surface area contributed by atoms with Crippen molar-refractivity contribution in [2.45, 2.75) is 6.92 Å². The summed E-state index contributed by atoms with van der Waals surface area (Å²) in [5, 5.41) is 4.14. The molecule has 1 aromatic carbocycles. The van der Waals surface area contributed by atoms with E-state index in [1.54, 1.807) is 19.1 Å². The van der Waals surface area contributed by atoms with E-state index in [1.807, 2.05) is 0 Å².